The lowest BCUT2D eigenvalue weighted by atomic mass is 10.0. The summed E-state index contributed by atoms with van der Waals surface area (Å²) in [6, 6.07) is 12.0. The fourth-order valence-corrected chi connectivity index (χ4v) is 5.19. The fourth-order valence-electron chi connectivity index (χ4n) is 3.51. The van der Waals surface area contributed by atoms with Gasteiger partial charge in [0.2, 0.25) is 10.0 Å². The summed E-state index contributed by atoms with van der Waals surface area (Å²) in [6.45, 7) is 1.55. The van der Waals surface area contributed by atoms with E-state index in [4.69, 9.17) is 14.2 Å². The number of rotatable bonds is 4. The van der Waals surface area contributed by atoms with E-state index in [2.05, 4.69) is 0 Å². The van der Waals surface area contributed by atoms with Gasteiger partial charge in [0.25, 0.3) is 0 Å². The van der Waals surface area contributed by atoms with Gasteiger partial charge in [0.15, 0.2) is 11.5 Å². The van der Waals surface area contributed by atoms with Crippen molar-refractivity contribution in [2.45, 2.75) is 23.8 Å². The number of fused-ring (bicyclic) bond motifs is 1. The smallest absolute Gasteiger partial charge is 0.243 e. The van der Waals surface area contributed by atoms with Gasteiger partial charge < -0.3 is 14.2 Å². The quantitative estimate of drug-likeness (QED) is 0.822. The molecule has 7 heteroatoms. The molecule has 0 radical (unpaired) electrons. The van der Waals surface area contributed by atoms with Crippen molar-refractivity contribution in [3.8, 4) is 17.2 Å². The van der Waals surface area contributed by atoms with Gasteiger partial charge in [-0.05, 0) is 54.8 Å². The van der Waals surface area contributed by atoms with Gasteiger partial charge in [0, 0.05) is 6.54 Å². The Hall–Kier alpha value is -2.25. The third kappa shape index (κ3) is 3.01. The summed E-state index contributed by atoms with van der Waals surface area (Å²) in [7, 11) is -2.02. The van der Waals surface area contributed by atoms with Crippen molar-refractivity contribution in [2.75, 3.05) is 26.9 Å². The number of benzene rings is 2. The molecule has 1 atom stereocenters. The van der Waals surface area contributed by atoms with Crippen LogP contribution in [-0.2, 0) is 10.0 Å². The van der Waals surface area contributed by atoms with Gasteiger partial charge >= 0.3 is 0 Å². The Morgan fingerprint density at radius 2 is 1.77 bits per heavy atom. The molecule has 138 valence electrons. The standard InChI is InChI=1S/C19H21NO5S/c1-23-15-5-7-16(8-6-15)26(21,22)20-10-2-3-17(20)14-4-9-18-19(13-14)25-12-11-24-18/h4-9,13,17H,2-3,10-12H2,1H3. The lowest BCUT2D eigenvalue weighted by molar-refractivity contribution is 0.171. The van der Waals surface area contributed by atoms with Crippen LogP contribution in [0.15, 0.2) is 47.4 Å². The van der Waals surface area contributed by atoms with E-state index in [1.54, 1.807) is 35.7 Å². The first-order valence-electron chi connectivity index (χ1n) is 8.65. The van der Waals surface area contributed by atoms with Crippen LogP contribution < -0.4 is 14.2 Å². The van der Waals surface area contributed by atoms with E-state index in [0.29, 0.717) is 37.0 Å². The van der Waals surface area contributed by atoms with Gasteiger partial charge in [-0.2, -0.15) is 4.31 Å². The van der Waals surface area contributed by atoms with Gasteiger partial charge in [0.05, 0.1) is 18.0 Å². The second-order valence-corrected chi connectivity index (χ2v) is 8.24. The highest BCUT2D eigenvalue weighted by Gasteiger charge is 2.36. The van der Waals surface area contributed by atoms with Gasteiger partial charge in [-0.1, -0.05) is 6.07 Å². The van der Waals surface area contributed by atoms with Gasteiger partial charge in [-0.15, -0.1) is 0 Å². The fraction of sp³-hybridized carbons (Fsp3) is 0.368. The molecule has 0 bridgehead atoms. The zero-order valence-electron chi connectivity index (χ0n) is 14.6. The molecule has 4 rings (SSSR count). The molecule has 0 amide bonds. The molecule has 6 nitrogen and oxygen atoms in total. The lowest BCUT2D eigenvalue weighted by Crippen LogP contribution is -2.30. The maximum absolute atomic E-state index is 13.1. The highest BCUT2D eigenvalue weighted by Crippen LogP contribution is 2.40. The van der Waals surface area contributed by atoms with E-state index >= 15 is 0 Å². The highest BCUT2D eigenvalue weighted by molar-refractivity contribution is 7.89. The average Bonchev–Trinajstić information content (AvgIpc) is 3.18. The summed E-state index contributed by atoms with van der Waals surface area (Å²) in [5.41, 5.74) is 0.934. The van der Waals surface area contributed by atoms with Crippen LogP contribution in [0.2, 0.25) is 0 Å². The molecule has 2 aromatic rings. The van der Waals surface area contributed by atoms with Crippen molar-refractivity contribution in [1.82, 2.24) is 4.31 Å². The number of hydrogen-bond acceptors (Lipinski definition) is 5. The molecule has 2 heterocycles. The summed E-state index contributed by atoms with van der Waals surface area (Å²) in [4.78, 5) is 0.280. The number of sulfonamides is 1. The summed E-state index contributed by atoms with van der Waals surface area (Å²) in [5, 5.41) is 0. The van der Waals surface area contributed by atoms with Crippen molar-refractivity contribution in [2.24, 2.45) is 0 Å². The van der Waals surface area contributed by atoms with E-state index in [-0.39, 0.29) is 10.9 Å². The average molecular weight is 375 g/mol. The van der Waals surface area contributed by atoms with Crippen LogP contribution in [0.5, 0.6) is 17.2 Å². The molecule has 0 saturated carbocycles. The van der Waals surface area contributed by atoms with Crippen molar-refractivity contribution in [3.63, 3.8) is 0 Å². The topological polar surface area (TPSA) is 65.1 Å². The second kappa shape index (κ2) is 6.81. The van der Waals surface area contributed by atoms with E-state index < -0.39 is 10.0 Å². The molecule has 0 spiro atoms. The molecule has 1 fully saturated rings. The van der Waals surface area contributed by atoms with Crippen LogP contribution in [0.1, 0.15) is 24.4 Å². The Kier molecular flexibility index (Phi) is 4.50. The Bertz CT molecular complexity index is 895. The third-order valence-corrected chi connectivity index (χ3v) is 6.74. The number of nitrogens with zero attached hydrogens (tertiary/aromatic N) is 1. The van der Waals surface area contributed by atoms with Gasteiger partial charge in [-0.3, -0.25) is 0 Å². The van der Waals surface area contributed by atoms with Crippen molar-refractivity contribution < 1.29 is 22.6 Å². The Labute approximate surface area is 153 Å². The van der Waals surface area contributed by atoms with Gasteiger partial charge in [-0.25, -0.2) is 8.42 Å². The van der Waals surface area contributed by atoms with Crippen molar-refractivity contribution in [3.05, 3.63) is 48.0 Å². The number of hydrogen-bond donors (Lipinski definition) is 0. The number of ether oxygens (including phenoxy) is 3. The number of methoxy groups -OCH3 is 1. The molecule has 0 N–H and O–H groups in total. The first-order chi connectivity index (χ1) is 12.6. The molecule has 0 aromatic heterocycles. The van der Waals surface area contributed by atoms with Crippen LogP contribution in [0.25, 0.3) is 0 Å². The molecule has 2 aromatic carbocycles. The van der Waals surface area contributed by atoms with E-state index in [9.17, 15) is 8.42 Å². The summed E-state index contributed by atoms with van der Waals surface area (Å²) in [5.74, 6) is 2.03. The Morgan fingerprint density at radius 1 is 1.04 bits per heavy atom. The molecule has 1 unspecified atom stereocenters. The molecule has 2 aliphatic rings. The molecule has 2 aliphatic heterocycles. The summed E-state index contributed by atoms with van der Waals surface area (Å²) < 4.78 is 44.2. The zero-order valence-corrected chi connectivity index (χ0v) is 15.4. The summed E-state index contributed by atoms with van der Waals surface area (Å²) in [6.07, 6.45) is 1.61. The minimum Gasteiger partial charge on any atom is -0.497 e. The minimum atomic E-state index is -3.58. The van der Waals surface area contributed by atoms with E-state index in [0.717, 1.165) is 18.4 Å². The zero-order chi connectivity index (χ0) is 18.1. The van der Waals surface area contributed by atoms with Crippen molar-refractivity contribution >= 4 is 10.0 Å². The highest BCUT2D eigenvalue weighted by atomic mass is 32.2. The first-order valence-corrected chi connectivity index (χ1v) is 10.1. The monoisotopic (exact) mass is 375 g/mol. The maximum Gasteiger partial charge on any atom is 0.243 e. The minimum absolute atomic E-state index is 0.196. The molecule has 26 heavy (non-hydrogen) atoms. The molecular formula is C19H21NO5S. The van der Waals surface area contributed by atoms with Crippen LogP contribution in [0.4, 0.5) is 0 Å². The van der Waals surface area contributed by atoms with Crippen LogP contribution in [0, 0.1) is 0 Å². The van der Waals surface area contributed by atoms with Crippen LogP contribution in [-0.4, -0.2) is 39.6 Å². The largest absolute Gasteiger partial charge is 0.497 e. The Morgan fingerprint density at radius 3 is 2.50 bits per heavy atom. The molecule has 0 aliphatic carbocycles. The Balaban J connectivity index is 1.65. The van der Waals surface area contributed by atoms with Crippen molar-refractivity contribution in [1.29, 1.82) is 0 Å². The van der Waals surface area contributed by atoms with E-state index in [1.807, 2.05) is 18.2 Å². The summed E-state index contributed by atoms with van der Waals surface area (Å²) >= 11 is 0. The maximum atomic E-state index is 13.1. The van der Waals surface area contributed by atoms with Crippen LogP contribution >= 0.6 is 0 Å². The second-order valence-electron chi connectivity index (χ2n) is 6.35. The normalized spacial score (nSPS) is 20.1. The predicted molar refractivity (Wildman–Crippen MR) is 96.3 cm³/mol. The molecule has 1 saturated heterocycles. The third-order valence-electron chi connectivity index (χ3n) is 4.82. The van der Waals surface area contributed by atoms with Gasteiger partial charge in [0.1, 0.15) is 19.0 Å². The van der Waals surface area contributed by atoms with Crippen LogP contribution in [0.3, 0.4) is 0 Å². The predicted octanol–water partition coefficient (Wildman–Crippen LogP) is 2.99. The molecular weight excluding hydrogens is 354 g/mol. The van der Waals surface area contributed by atoms with E-state index in [1.165, 1.54) is 0 Å². The first kappa shape index (κ1) is 17.2. The lowest BCUT2D eigenvalue weighted by Gasteiger charge is -2.26. The SMILES string of the molecule is COc1ccc(S(=O)(=O)N2CCCC2c2ccc3c(c2)OCCO3)cc1.